The van der Waals surface area contributed by atoms with Gasteiger partial charge in [0.15, 0.2) is 6.10 Å². The number of carbonyl (C=O) groups excluding carboxylic acids is 1. The van der Waals surface area contributed by atoms with E-state index in [1.165, 1.54) is 55.5 Å². The molecule has 0 bridgehead atoms. The van der Waals surface area contributed by atoms with E-state index in [0.717, 1.165) is 0 Å². The average Bonchev–Trinajstić information content (AvgIpc) is 2.55. The topological polar surface area (TPSA) is 96.3 Å². The summed E-state index contributed by atoms with van der Waals surface area (Å²) < 4.78 is 31.6. The normalized spacial score (nSPS) is 12.0. The molecule has 1 unspecified atom stereocenters. The summed E-state index contributed by atoms with van der Waals surface area (Å²) in [5.74, 6) is -0.463. The molecule has 1 amide bonds. The lowest BCUT2D eigenvalue weighted by atomic mass is 10.2. The van der Waals surface area contributed by atoms with Gasteiger partial charge in [-0.1, -0.05) is 11.6 Å². The highest BCUT2D eigenvalue weighted by Gasteiger charge is 2.22. The number of nitriles is 1. The highest BCUT2D eigenvalue weighted by molar-refractivity contribution is 7.90. The van der Waals surface area contributed by atoms with E-state index < -0.39 is 22.0 Å². The van der Waals surface area contributed by atoms with Crippen LogP contribution in [0.4, 0.5) is 0 Å². The number of carbonyl (C=O) groups is 1. The molecule has 0 radical (unpaired) electrons. The molecule has 8 heteroatoms. The van der Waals surface area contributed by atoms with Gasteiger partial charge in [-0.25, -0.2) is 13.1 Å². The van der Waals surface area contributed by atoms with Gasteiger partial charge >= 0.3 is 0 Å². The highest BCUT2D eigenvalue weighted by atomic mass is 35.5. The number of nitrogens with zero attached hydrogens (tertiary/aromatic N) is 1. The summed E-state index contributed by atoms with van der Waals surface area (Å²) >= 11 is 5.71. The predicted octanol–water partition coefficient (Wildman–Crippen LogP) is 2.48. The highest BCUT2D eigenvalue weighted by Crippen LogP contribution is 2.16. The maximum absolute atomic E-state index is 12.1. The number of sulfonamides is 1. The minimum absolute atomic E-state index is 0.0779. The van der Waals surface area contributed by atoms with Crippen molar-refractivity contribution < 1.29 is 17.9 Å². The van der Waals surface area contributed by atoms with Gasteiger partial charge in [0.2, 0.25) is 0 Å². The van der Waals surface area contributed by atoms with Gasteiger partial charge in [0.25, 0.3) is 15.9 Å². The van der Waals surface area contributed by atoms with E-state index in [-0.39, 0.29) is 4.90 Å². The molecule has 1 N–H and O–H groups in total. The van der Waals surface area contributed by atoms with Crippen LogP contribution in [0, 0.1) is 11.3 Å². The Hall–Kier alpha value is -2.56. The van der Waals surface area contributed by atoms with Crippen molar-refractivity contribution in [3.63, 3.8) is 0 Å². The quantitative estimate of drug-likeness (QED) is 0.879. The Morgan fingerprint density at radius 2 is 1.75 bits per heavy atom. The van der Waals surface area contributed by atoms with Gasteiger partial charge in [-0.05, 0) is 55.5 Å². The number of amides is 1. The number of nitrogens with one attached hydrogen (secondary N) is 1. The number of hydrogen-bond donors (Lipinski definition) is 1. The molecule has 0 saturated carbocycles. The Bertz CT molecular complexity index is 872. The molecule has 24 heavy (non-hydrogen) atoms. The molecule has 0 aliphatic carbocycles. The molecular formula is C16H13ClN2O4S. The fourth-order valence-corrected chi connectivity index (χ4v) is 2.92. The molecule has 2 rings (SSSR count). The smallest absolute Gasteiger partial charge is 0.274 e. The Labute approximate surface area is 144 Å². The number of ether oxygens (including phenoxy) is 1. The first-order valence-electron chi connectivity index (χ1n) is 6.81. The molecule has 0 heterocycles. The molecule has 0 spiro atoms. The van der Waals surface area contributed by atoms with Gasteiger partial charge in [0.1, 0.15) is 5.75 Å². The van der Waals surface area contributed by atoms with Crippen LogP contribution in [0.1, 0.15) is 12.5 Å². The van der Waals surface area contributed by atoms with Crippen LogP contribution in [0.25, 0.3) is 0 Å². The van der Waals surface area contributed by atoms with Crippen LogP contribution in [0.5, 0.6) is 5.75 Å². The van der Waals surface area contributed by atoms with E-state index in [4.69, 9.17) is 21.6 Å². The molecule has 124 valence electrons. The lowest BCUT2D eigenvalue weighted by Crippen LogP contribution is -2.39. The van der Waals surface area contributed by atoms with Crippen molar-refractivity contribution in [1.29, 1.82) is 5.26 Å². The summed E-state index contributed by atoms with van der Waals surface area (Å²) in [4.78, 5) is 12.0. The second-order valence-electron chi connectivity index (χ2n) is 4.82. The van der Waals surface area contributed by atoms with E-state index in [2.05, 4.69) is 0 Å². The lowest BCUT2D eigenvalue weighted by Gasteiger charge is -2.15. The summed E-state index contributed by atoms with van der Waals surface area (Å²) in [7, 11) is -4.01. The summed E-state index contributed by atoms with van der Waals surface area (Å²) in [6, 6.07) is 13.5. The molecule has 1 atom stereocenters. The molecule has 0 aromatic heterocycles. The van der Waals surface area contributed by atoms with Crippen molar-refractivity contribution >= 4 is 27.5 Å². The second kappa shape index (κ2) is 7.34. The first-order chi connectivity index (χ1) is 11.3. The number of halogens is 1. The monoisotopic (exact) mass is 364 g/mol. The zero-order chi connectivity index (χ0) is 17.7. The van der Waals surface area contributed by atoms with Gasteiger partial charge in [0, 0.05) is 5.02 Å². The molecule has 2 aromatic carbocycles. The Kier molecular flexibility index (Phi) is 5.44. The van der Waals surface area contributed by atoms with Crippen LogP contribution in [-0.2, 0) is 14.8 Å². The maximum Gasteiger partial charge on any atom is 0.274 e. The van der Waals surface area contributed by atoms with Gasteiger partial charge in [-0.15, -0.1) is 0 Å². The number of rotatable bonds is 5. The predicted molar refractivity (Wildman–Crippen MR) is 88.0 cm³/mol. The Morgan fingerprint density at radius 1 is 1.17 bits per heavy atom. The van der Waals surface area contributed by atoms with Gasteiger partial charge < -0.3 is 4.74 Å². The zero-order valence-electron chi connectivity index (χ0n) is 12.6. The van der Waals surface area contributed by atoms with E-state index >= 15 is 0 Å². The van der Waals surface area contributed by atoms with Crippen molar-refractivity contribution in [1.82, 2.24) is 4.72 Å². The molecule has 6 nitrogen and oxygen atoms in total. The lowest BCUT2D eigenvalue weighted by molar-refractivity contribution is -0.125. The zero-order valence-corrected chi connectivity index (χ0v) is 14.1. The maximum atomic E-state index is 12.1. The summed E-state index contributed by atoms with van der Waals surface area (Å²) in [5, 5.41) is 9.11. The van der Waals surface area contributed by atoms with Gasteiger partial charge in [-0.3, -0.25) is 4.79 Å². The van der Waals surface area contributed by atoms with Gasteiger partial charge in [-0.2, -0.15) is 5.26 Å². The largest absolute Gasteiger partial charge is 0.481 e. The van der Waals surface area contributed by atoms with Crippen LogP contribution in [0.2, 0.25) is 5.02 Å². The van der Waals surface area contributed by atoms with Crippen molar-refractivity contribution in [2.45, 2.75) is 17.9 Å². The molecule has 2 aromatic rings. The first kappa shape index (κ1) is 17.8. The third-order valence-corrected chi connectivity index (χ3v) is 4.64. The van der Waals surface area contributed by atoms with E-state index in [1.54, 1.807) is 0 Å². The number of benzene rings is 2. The first-order valence-corrected chi connectivity index (χ1v) is 8.67. The van der Waals surface area contributed by atoms with Crippen molar-refractivity contribution in [3.05, 3.63) is 59.1 Å². The SMILES string of the molecule is CC(Oc1ccc(C#N)cc1)C(=O)NS(=O)(=O)c1ccc(Cl)cc1. The summed E-state index contributed by atoms with van der Waals surface area (Å²) in [6.45, 7) is 1.42. The van der Waals surface area contributed by atoms with Crippen molar-refractivity contribution in [2.24, 2.45) is 0 Å². The van der Waals surface area contributed by atoms with E-state index in [1.807, 2.05) is 10.8 Å². The van der Waals surface area contributed by atoms with Crippen LogP contribution in [-0.4, -0.2) is 20.4 Å². The molecular weight excluding hydrogens is 352 g/mol. The third-order valence-electron chi connectivity index (χ3n) is 3.02. The van der Waals surface area contributed by atoms with Crippen molar-refractivity contribution in [2.75, 3.05) is 0 Å². The minimum atomic E-state index is -4.01. The fraction of sp³-hybridized carbons (Fsp3) is 0.125. The fourth-order valence-electron chi connectivity index (χ4n) is 1.75. The molecule has 0 aliphatic rings. The summed E-state index contributed by atoms with van der Waals surface area (Å²) in [5.41, 5.74) is 0.449. The summed E-state index contributed by atoms with van der Waals surface area (Å²) in [6.07, 6.45) is -1.04. The van der Waals surface area contributed by atoms with Gasteiger partial charge in [0.05, 0.1) is 16.5 Å². The van der Waals surface area contributed by atoms with Crippen LogP contribution in [0.3, 0.4) is 0 Å². The third kappa shape index (κ3) is 4.47. The Balaban J connectivity index is 2.05. The molecule has 0 saturated heterocycles. The van der Waals surface area contributed by atoms with Crippen LogP contribution in [0.15, 0.2) is 53.4 Å². The van der Waals surface area contributed by atoms with E-state index in [0.29, 0.717) is 16.3 Å². The molecule has 0 aliphatic heterocycles. The van der Waals surface area contributed by atoms with Crippen LogP contribution < -0.4 is 9.46 Å². The Morgan fingerprint density at radius 3 is 2.29 bits per heavy atom. The van der Waals surface area contributed by atoms with E-state index in [9.17, 15) is 13.2 Å². The standard InChI is InChI=1S/C16H13ClN2O4S/c1-11(23-14-6-2-12(10-18)3-7-14)16(20)19-24(21,22)15-8-4-13(17)5-9-15/h2-9,11H,1H3,(H,19,20). The minimum Gasteiger partial charge on any atom is -0.481 e. The second-order valence-corrected chi connectivity index (χ2v) is 6.94. The average molecular weight is 365 g/mol. The molecule has 0 fully saturated rings. The van der Waals surface area contributed by atoms with Crippen molar-refractivity contribution in [3.8, 4) is 11.8 Å². The number of hydrogen-bond acceptors (Lipinski definition) is 5. The van der Waals surface area contributed by atoms with Crippen LogP contribution >= 0.6 is 11.6 Å².